The maximum absolute atomic E-state index is 12.9. The molecule has 0 aliphatic heterocycles. The zero-order valence-corrected chi connectivity index (χ0v) is 21.3. The quantitative estimate of drug-likeness (QED) is 0.365. The summed E-state index contributed by atoms with van der Waals surface area (Å²) in [6.07, 6.45) is 3.49. The Kier molecular flexibility index (Phi) is 7.00. The van der Waals surface area contributed by atoms with Crippen LogP contribution in [0.1, 0.15) is 44.0 Å². The van der Waals surface area contributed by atoms with Crippen molar-refractivity contribution in [2.45, 2.75) is 38.6 Å². The van der Waals surface area contributed by atoms with E-state index in [-0.39, 0.29) is 10.8 Å². The molecule has 0 aliphatic rings. The summed E-state index contributed by atoms with van der Waals surface area (Å²) in [5.41, 5.74) is 11.4. The molecule has 0 fully saturated rings. The first-order valence-corrected chi connectivity index (χ1v) is 12.6. The Balaban J connectivity index is 1.60. The Hall–Kier alpha value is -3.89. The number of nitrogen functional groups attached to an aromatic ring is 1. The van der Waals surface area contributed by atoms with Crippen LogP contribution in [0.2, 0.25) is 0 Å². The molecule has 3 heterocycles. The molecule has 0 spiro atoms. The second-order valence-corrected chi connectivity index (χ2v) is 10.3. The van der Waals surface area contributed by atoms with Crippen LogP contribution in [0.5, 0.6) is 0 Å². The van der Waals surface area contributed by atoms with Gasteiger partial charge in [0.2, 0.25) is 0 Å². The van der Waals surface area contributed by atoms with Crippen molar-refractivity contribution in [3.05, 3.63) is 88.0 Å². The van der Waals surface area contributed by atoms with Gasteiger partial charge in [0.25, 0.3) is 16.0 Å². The lowest BCUT2D eigenvalue weighted by atomic mass is 10.0. The number of pyridine rings is 3. The number of rotatable bonds is 7. The maximum Gasteiger partial charge on any atom is 0.298 e. The molecule has 0 saturated heterocycles. The van der Waals surface area contributed by atoms with Crippen molar-refractivity contribution in [3.8, 4) is 0 Å². The minimum atomic E-state index is -3.98. The molecular weight excluding hydrogens is 478 g/mol. The molecule has 0 radical (unpaired) electrons. The van der Waals surface area contributed by atoms with Gasteiger partial charge in [-0.05, 0) is 79.4 Å². The Morgan fingerprint density at radius 3 is 2.58 bits per heavy atom. The largest absolute Gasteiger partial charge is 0.384 e. The van der Waals surface area contributed by atoms with Crippen molar-refractivity contribution in [3.63, 3.8) is 0 Å². The number of carbonyl (C=O) groups is 1. The number of amides is 1. The van der Waals surface area contributed by atoms with Gasteiger partial charge in [-0.25, -0.2) is 4.98 Å². The summed E-state index contributed by atoms with van der Waals surface area (Å²) in [5.74, 6) is 0.190. The van der Waals surface area contributed by atoms with E-state index in [0.717, 1.165) is 29.5 Å². The van der Waals surface area contributed by atoms with Crippen molar-refractivity contribution in [2.75, 3.05) is 12.8 Å². The fourth-order valence-corrected chi connectivity index (χ4v) is 5.00. The van der Waals surface area contributed by atoms with Crippen molar-refractivity contribution in [2.24, 2.45) is 0 Å². The van der Waals surface area contributed by atoms with Crippen molar-refractivity contribution >= 4 is 32.7 Å². The first-order valence-electron chi connectivity index (χ1n) is 11.2. The standard InChI is InChI=1S/C26H27N5O4S/c1-15-7-20-9-18(11-23(25(20)29-13-15)36(33,34)35-4)10-21-12-19(5-6-28-21)26(32)30-14-22-16(2)8-24(27)31-17(22)3/h5-9,11-13H,10,14H2,1-4H3,(H2,27,31)(H,30,32). The highest BCUT2D eigenvalue weighted by Crippen LogP contribution is 2.26. The lowest BCUT2D eigenvalue weighted by Gasteiger charge is -2.12. The number of nitrogens with zero attached hydrogens (tertiary/aromatic N) is 3. The maximum atomic E-state index is 12.9. The van der Waals surface area contributed by atoms with E-state index in [1.165, 1.54) is 6.07 Å². The highest BCUT2D eigenvalue weighted by Gasteiger charge is 2.20. The van der Waals surface area contributed by atoms with E-state index in [2.05, 4.69) is 20.3 Å². The number of anilines is 1. The van der Waals surface area contributed by atoms with E-state index in [1.54, 1.807) is 30.6 Å². The number of fused-ring (bicyclic) bond motifs is 1. The predicted molar refractivity (Wildman–Crippen MR) is 137 cm³/mol. The Labute approximate surface area is 209 Å². The van der Waals surface area contributed by atoms with Crippen LogP contribution in [0.4, 0.5) is 5.82 Å². The molecule has 186 valence electrons. The van der Waals surface area contributed by atoms with Gasteiger partial charge in [-0.15, -0.1) is 0 Å². The molecule has 3 aromatic heterocycles. The van der Waals surface area contributed by atoms with Crippen LogP contribution in [0.3, 0.4) is 0 Å². The molecule has 4 rings (SSSR count). The van der Waals surface area contributed by atoms with Gasteiger partial charge in [0.1, 0.15) is 10.7 Å². The molecule has 9 nitrogen and oxygen atoms in total. The van der Waals surface area contributed by atoms with Crippen LogP contribution in [0.25, 0.3) is 10.9 Å². The summed E-state index contributed by atoms with van der Waals surface area (Å²) in [5, 5.41) is 3.60. The third-order valence-corrected chi connectivity index (χ3v) is 7.19. The number of hydrogen-bond donors (Lipinski definition) is 2. The number of nitrogens with two attached hydrogens (primary N) is 1. The van der Waals surface area contributed by atoms with Gasteiger partial charge in [-0.3, -0.25) is 18.9 Å². The number of hydrogen-bond acceptors (Lipinski definition) is 8. The minimum Gasteiger partial charge on any atom is -0.384 e. The van der Waals surface area contributed by atoms with Crippen LogP contribution in [0.15, 0.2) is 53.7 Å². The number of benzene rings is 1. The van der Waals surface area contributed by atoms with Gasteiger partial charge < -0.3 is 11.1 Å². The topological polar surface area (TPSA) is 137 Å². The van der Waals surface area contributed by atoms with Gasteiger partial charge in [0.15, 0.2) is 0 Å². The third-order valence-electron chi connectivity index (χ3n) is 5.90. The lowest BCUT2D eigenvalue weighted by molar-refractivity contribution is 0.0950. The zero-order valence-electron chi connectivity index (χ0n) is 20.5. The first kappa shape index (κ1) is 25.2. The van der Waals surface area contributed by atoms with Gasteiger partial charge in [-0.1, -0.05) is 0 Å². The molecule has 1 aromatic carbocycles. The molecule has 0 aliphatic carbocycles. The molecule has 0 unspecified atom stereocenters. The van der Waals surface area contributed by atoms with Crippen molar-refractivity contribution in [1.29, 1.82) is 0 Å². The second kappa shape index (κ2) is 10.00. The van der Waals surface area contributed by atoms with E-state index < -0.39 is 10.1 Å². The SMILES string of the molecule is COS(=O)(=O)c1cc(Cc2cc(C(=O)NCc3c(C)cc(N)nc3C)ccn2)cc2cc(C)cnc12. The fourth-order valence-electron chi connectivity index (χ4n) is 4.12. The highest BCUT2D eigenvalue weighted by atomic mass is 32.2. The Bertz CT molecular complexity index is 1560. The average molecular weight is 506 g/mol. The number of aryl methyl sites for hydroxylation is 3. The van der Waals surface area contributed by atoms with Gasteiger partial charge in [0.05, 0.1) is 12.6 Å². The minimum absolute atomic E-state index is 0.00533. The van der Waals surface area contributed by atoms with Crippen molar-refractivity contribution < 1.29 is 17.4 Å². The van der Waals surface area contributed by atoms with E-state index in [9.17, 15) is 13.2 Å². The van der Waals surface area contributed by atoms with Crippen LogP contribution < -0.4 is 11.1 Å². The smallest absolute Gasteiger partial charge is 0.298 e. The monoisotopic (exact) mass is 505 g/mol. The summed E-state index contributed by atoms with van der Waals surface area (Å²) in [7, 11) is -2.86. The lowest BCUT2D eigenvalue weighted by Crippen LogP contribution is -2.24. The first-order chi connectivity index (χ1) is 17.1. The van der Waals surface area contributed by atoms with Crippen LogP contribution in [-0.2, 0) is 27.3 Å². The summed E-state index contributed by atoms with van der Waals surface area (Å²) in [4.78, 5) is 25.8. The predicted octanol–water partition coefficient (Wildman–Crippen LogP) is 3.39. The van der Waals surface area contributed by atoms with E-state index in [4.69, 9.17) is 9.92 Å². The Morgan fingerprint density at radius 2 is 1.86 bits per heavy atom. The second-order valence-electron chi connectivity index (χ2n) is 8.62. The van der Waals surface area contributed by atoms with Crippen LogP contribution in [-0.4, -0.2) is 36.4 Å². The van der Waals surface area contributed by atoms with Gasteiger partial charge in [-0.2, -0.15) is 8.42 Å². The third kappa shape index (κ3) is 5.34. The average Bonchev–Trinajstić information content (AvgIpc) is 2.82. The molecule has 1 amide bonds. The van der Waals surface area contributed by atoms with E-state index in [0.29, 0.717) is 46.5 Å². The van der Waals surface area contributed by atoms with Crippen LogP contribution in [0, 0.1) is 20.8 Å². The Morgan fingerprint density at radius 1 is 1.08 bits per heavy atom. The van der Waals surface area contributed by atoms with E-state index in [1.807, 2.05) is 32.9 Å². The number of nitrogens with one attached hydrogen (secondary N) is 1. The summed E-state index contributed by atoms with van der Waals surface area (Å²) >= 11 is 0. The molecule has 0 bridgehead atoms. The zero-order chi connectivity index (χ0) is 26.0. The summed E-state index contributed by atoms with van der Waals surface area (Å²) in [6, 6.07) is 10.4. The van der Waals surface area contributed by atoms with Gasteiger partial charge >= 0.3 is 0 Å². The molecule has 4 aromatic rings. The molecule has 36 heavy (non-hydrogen) atoms. The summed E-state index contributed by atoms with van der Waals surface area (Å²) < 4.78 is 29.9. The van der Waals surface area contributed by atoms with Crippen molar-refractivity contribution in [1.82, 2.24) is 20.3 Å². The molecule has 0 atom stereocenters. The molecule has 3 N–H and O–H groups in total. The normalized spacial score (nSPS) is 11.6. The highest BCUT2D eigenvalue weighted by molar-refractivity contribution is 7.87. The summed E-state index contributed by atoms with van der Waals surface area (Å²) in [6.45, 7) is 5.98. The molecule has 0 saturated carbocycles. The number of aromatic nitrogens is 3. The molecular formula is C26H27N5O4S. The fraction of sp³-hybridized carbons (Fsp3) is 0.231. The van der Waals surface area contributed by atoms with Gasteiger partial charge in [0, 0.05) is 47.7 Å². The number of carbonyl (C=O) groups excluding carboxylic acids is 1. The molecule has 10 heteroatoms. The van der Waals surface area contributed by atoms with E-state index >= 15 is 0 Å². The van der Waals surface area contributed by atoms with Crippen LogP contribution >= 0.6 is 0 Å².